The van der Waals surface area contributed by atoms with Gasteiger partial charge in [-0.25, -0.2) is 4.63 Å². The van der Waals surface area contributed by atoms with Crippen LogP contribution in [0, 0.1) is 0 Å². The maximum atomic E-state index is 4.83. The quantitative estimate of drug-likeness (QED) is 0.715. The minimum atomic E-state index is 0.543. The summed E-state index contributed by atoms with van der Waals surface area (Å²) in [4.78, 5) is 0. The molecule has 1 heterocycles. The highest BCUT2D eigenvalue weighted by atomic mass is 16.6. The van der Waals surface area contributed by atoms with Crippen LogP contribution in [-0.2, 0) is 0 Å². The van der Waals surface area contributed by atoms with Gasteiger partial charge in [0.05, 0.1) is 0 Å². The third-order valence-corrected chi connectivity index (χ3v) is 2.88. The van der Waals surface area contributed by atoms with Crippen molar-refractivity contribution in [2.45, 2.75) is 51.4 Å². The normalized spacial score (nSPS) is 16.8. The summed E-state index contributed by atoms with van der Waals surface area (Å²) in [5.41, 5.74) is 2.25. The Balaban J connectivity index is 2.21. The first kappa shape index (κ1) is 8.73. The molecule has 1 aromatic rings. The lowest BCUT2D eigenvalue weighted by atomic mass is 9.96. The van der Waals surface area contributed by atoms with Gasteiger partial charge in [0.15, 0.2) is 0 Å². The van der Waals surface area contributed by atoms with E-state index in [0.29, 0.717) is 11.8 Å². The van der Waals surface area contributed by atoms with Crippen molar-refractivity contribution in [1.82, 2.24) is 10.3 Å². The van der Waals surface area contributed by atoms with Crippen LogP contribution in [0.5, 0.6) is 0 Å². The summed E-state index contributed by atoms with van der Waals surface area (Å²) in [6, 6.07) is 0. The molecule has 0 unspecified atom stereocenters. The summed E-state index contributed by atoms with van der Waals surface area (Å²) in [5.74, 6) is 1.20. The average Bonchev–Trinajstić information content (AvgIpc) is 2.89. The molecule has 0 aliphatic heterocycles. The highest BCUT2D eigenvalue weighted by Crippen LogP contribution is 2.42. The average molecular weight is 180 g/mol. The summed E-state index contributed by atoms with van der Waals surface area (Å²) >= 11 is 0. The molecule has 1 fully saturated rings. The van der Waals surface area contributed by atoms with E-state index in [4.69, 9.17) is 4.63 Å². The Bertz CT molecular complexity index is 274. The molecule has 3 heteroatoms. The SMILES string of the molecule is CCC(CC)c1nonc1C1CC1. The van der Waals surface area contributed by atoms with Crippen molar-refractivity contribution in [3.63, 3.8) is 0 Å². The molecule has 0 spiro atoms. The van der Waals surface area contributed by atoms with Crippen LogP contribution in [-0.4, -0.2) is 10.3 Å². The van der Waals surface area contributed by atoms with Crippen LogP contribution in [0.4, 0.5) is 0 Å². The van der Waals surface area contributed by atoms with Gasteiger partial charge in [0.1, 0.15) is 11.4 Å². The van der Waals surface area contributed by atoms with E-state index < -0.39 is 0 Å². The molecule has 0 atom stereocenters. The molecule has 1 aromatic heterocycles. The van der Waals surface area contributed by atoms with Crippen LogP contribution < -0.4 is 0 Å². The Morgan fingerprint density at radius 3 is 2.54 bits per heavy atom. The molecule has 0 saturated heterocycles. The number of hydrogen-bond acceptors (Lipinski definition) is 3. The number of rotatable bonds is 4. The van der Waals surface area contributed by atoms with Gasteiger partial charge in [-0.2, -0.15) is 0 Å². The third kappa shape index (κ3) is 1.60. The summed E-state index contributed by atoms with van der Waals surface area (Å²) in [6.45, 7) is 4.39. The van der Waals surface area contributed by atoms with Gasteiger partial charge in [-0.1, -0.05) is 24.2 Å². The molecule has 0 N–H and O–H groups in total. The lowest BCUT2D eigenvalue weighted by molar-refractivity contribution is 0.297. The van der Waals surface area contributed by atoms with Gasteiger partial charge in [0, 0.05) is 11.8 Å². The summed E-state index contributed by atoms with van der Waals surface area (Å²) in [7, 11) is 0. The molecule has 0 radical (unpaired) electrons. The smallest absolute Gasteiger partial charge is 0.111 e. The highest BCUT2D eigenvalue weighted by molar-refractivity contribution is 5.21. The maximum Gasteiger partial charge on any atom is 0.111 e. The Hall–Kier alpha value is -0.860. The number of aromatic nitrogens is 2. The Morgan fingerprint density at radius 1 is 1.31 bits per heavy atom. The van der Waals surface area contributed by atoms with Gasteiger partial charge >= 0.3 is 0 Å². The topological polar surface area (TPSA) is 38.9 Å². The molecule has 72 valence electrons. The zero-order valence-corrected chi connectivity index (χ0v) is 8.29. The van der Waals surface area contributed by atoms with Crippen LogP contribution in [0.25, 0.3) is 0 Å². The van der Waals surface area contributed by atoms with Gasteiger partial charge in [0.2, 0.25) is 0 Å². The zero-order chi connectivity index (χ0) is 9.26. The predicted molar refractivity (Wildman–Crippen MR) is 49.6 cm³/mol. The fourth-order valence-electron chi connectivity index (χ4n) is 1.80. The fraction of sp³-hybridized carbons (Fsp3) is 0.800. The van der Waals surface area contributed by atoms with Crippen molar-refractivity contribution in [3.05, 3.63) is 11.4 Å². The standard InChI is InChI=1S/C10H16N2O/c1-3-7(4-2)9-10(8-5-6-8)12-13-11-9/h7-8H,3-6H2,1-2H3. The predicted octanol–water partition coefficient (Wildman–Crippen LogP) is 2.85. The lowest BCUT2D eigenvalue weighted by Gasteiger charge is -2.08. The van der Waals surface area contributed by atoms with Crippen molar-refractivity contribution >= 4 is 0 Å². The van der Waals surface area contributed by atoms with Crippen molar-refractivity contribution in [2.75, 3.05) is 0 Å². The molecule has 0 amide bonds. The van der Waals surface area contributed by atoms with Gasteiger partial charge in [0.25, 0.3) is 0 Å². The van der Waals surface area contributed by atoms with E-state index in [1.165, 1.54) is 12.8 Å². The fourth-order valence-corrected chi connectivity index (χ4v) is 1.80. The largest absolute Gasteiger partial charge is 0.244 e. The van der Waals surface area contributed by atoms with Crippen molar-refractivity contribution < 1.29 is 4.63 Å². The van der Waals surface area contributed by atoms with E-state index in [-0.39, 0.29) is 0 Å². The maximum absolute atomic E-state index is 4.83. The lowest BCUT2D eigenvalue weighted by Crippen LogP contribution is -1.99. The minimum absolute atomic E-state index is 0.543. The second-order valence-electron chi connectivity index (χ2n) is 3.82. The zero-order valence-electron chi connectivity index (χ0n) is 8.29. The molecule has 0 aromatic carbocycles. The van der Waals surface area contributed by atoms with Crippen LogP contribution in [0.2, 0.25) is 0 Å². The molecular formula is C10H16N2O. The van der Waals surface area contributed by atoms with E-state index in [0.717, 1.165) is 24.2 Å². The van der Waals surface area contributed by atoms with Crippen LogP contribution in [0.1, 0.15) is 62.8 Å². The summed E-state index contributed by atoms with van der Waals surface area (Å²) < 4.78 is 4.83. The molecule has 3 nitrogen and oxygen atoms in total. The van der Waals surface area contributed by atoms with Crippen LogP contribution >= 0.6 is 0 Å². The molecule has 1 aliphatic carbocycles. The van der Waals surface area contributed by atoms with Crippen LogP contribution in [0.3, 0.4) is 0 Å². The van der Waals surface area contributed by atoms with Crippen molar-refractivity contribution in [2.24, 2.45) is 0 Å². The minimum Gasteiger partial charge on any atom is -0.244 e. The van der Waals surface area contributed by atoms with E-state index in [1.54, 1.807) is 0 Å². The second-order valence-corrected chi connectivity index (χ2v) is 3.82. The third-order valence-electron chi connectivity index (χ3n) is 2.88. The van der Waals surface area contributed by atoms with E-state index in [2.05, 4.69) is 24.2 Å². The van der Waals surface area contributed by atoms with E-state index in [1.807, 2.05) is 0 Å². The Labute approximate surface area is 78.5 Å². The first-order valence-electron chi connectivity index (χ1n) is 5.19. The van der Waals surface area contributed by atoms with Gasteiger partial charge in [-0.15, -0.1) is 0 Å². The van der Waals surface area contributed by atoms with Crippen molar-refractivity contribution in [3.8, 4) is 0 Å². The molecule has 0 bridgehead atoms. The van der Waals surface area contributed by atoms with E-state index >= 15 is 0 Å². The second kappa shape index (κ2) is 3.48. The Kier molecular flexibility index (Phi) is 2.34. The van der Waals surface area contributed by atoms with Gasteiger partial charge in [-0.3, -0.25) is 0 Å². The highest BCUT2D eigenvalue weighted by Gasteiger charge is 2.32. The molecule has 13 heavy (non-hydrogen) atoms. The van der Waals surface area contributed by atoms with Gasteiger partial charge < -0.3 is 0 Å². The van der Waals surface area contributed by atoms with Gasteiger partial charge in [-0.05, 0) is 25.7 Å². The first-order valence-corrected chi connectivity index (χ1v) is 5.19. The van der Waals surface area contributed by atoms with E-state index in [9.17, 15) is 0 Å². The molecule has 1 saturated carbocycles. The monoisotopic (exact) mass is 180 g/mol. The molecule has 2 rings (SSSR count). The van der Waals surface area contributed by atoms with Crippen LogP contribution in [0.15, 0.2) is 4.63 Å². The van der Waals surface area contributed by atoms with Crippen molar-refractivity contribution in [1.29, 1.82) is 0 Å². The summed E-state index contributed by atoms with van der Waals surface area (Å²) in [6.07, 6.45) is 4.79. The summed E-state index contributed by atoms with van der Waals surface area (Å²) in [5, 5.41) is 8.04. The number of nitrogens with zero attached hydrogens (tertiary/aromatic N) is 2. The number of hydrogen-bond donors (Lipinski definition) is 0. The molecular weight excluding hydrogens is 164 g/mol. The first-order chi connectivity index (χ1) is 6.36. The molecule has 1 aliphatic rings. The Morgan fingerprint density at radius 2 is 2.00 bits per heavy atom.